The summed E-state index contributed by atoms with van der Waals surface area (Å²) in [5.74, 6) is 0.490. The highest BCUT2D eigenvalue weighted by Gasteiger charge is 2.13. The molecule has 3 aromatic rings. The van der Waals surface area contributed by atoms with Gasteiger partial charge in [0, 0.05) is 18.7 Å². The topological polar surface area (TPSA) is 68.5 Å². The summed E-state index contributed by atoms with van der Waals surface area (Å²) in [5, 5.41) is 7.45. The molecule has 7 heteroatoms. The van der Waals surface area contributed by atoms with E-state index in [1.807, 2.05) is 6.92 Å². The Morgan fingerprint density at radius 1 is 1.23 bits per heavy atom. The Hall–Kier alpha value is -3.22. The van der Waals surface area contributed by atoms with Crippen molar-refractivity contribution in [1.29, 1.82) is 0 Å². The van der Waals surface area contributed by atoms with Crippen LogP contribution in [0.1, 0.15) is 12.5 Å². The van der Waals surface area contributed by atoms with Crippen LogP contribution in [0.5, 0.6) is 5.75 Å². The number of likely N-dealkylation sites (N-methyl/N-ethyl adjacent to an activating group) is 1. The SMILES string of the molecule is CCN(Cc1cccc(F)c1)C(=O)COc1ccc(-c2nnco2)cc1. The van der Waals surface area contributed by atoms with Gasteiger partial charge >= 0.3 is 0 Å². The van der Waals surface area contributed by atoms with Gasteiger partial charge in [-0.15, -0.1) is 10.2 Å². The van der Waals surface area contributed by atoms with Crippen LogP contribution in [0, 0.1) is 5.82 Å². The number of hydrogen-bond acceptors (Lipinski definition) is 5. The molecule has 1 heterocycles. The fourth-order valence-corrected chi connectivity index (χ4v) is 2.46. The number of rotatable bonds is 7. The maximum atomic E-state index is 13.3. The number of nitrogens with zero attached hydrogens (tertiary/aromatic N) is 3. The Kier molecular flexibility index (Phi) is 5.58. The molecule has 3 rings (SSSR count). The fourth-order valence-electron chi connectivity index (χ4n) is 2.46. The molecule has 0 atom stereocenters. The molecule has 0 spiro atoms. The largest absolute Gasteiger partial charge is 0.484 e. The van der Waals surface area contributed by atoms with Crippen molar-refractivity contribution in [2.24, 2.45) is 0 Å². The van der Waals surface area contributed by atoms with Crippen molar-refractivity contribution in [3.63, 3.8) is 0 Å². The lowest BCUT2D eigenvalue weighted by Gasteiger charge is -2.21. The lowest BCUT2D eigenvalue weighted by atomic mass is 10.2. The Morgan fingerprint density at radius 3 is 2.69 bits per heavy atom. The van der Waals surface area contributed by atoms with E-state index < -0.39 is 0 Å². The minimum Gasteiger partial charge on any atom is -0.484 e. The summed E-state index contributed by atoms with van der Waals surface area (Å²) in [7, 11) is 0. The summed E-state index contributed by atoms with van der Waals surface area (Å²) in [5.41, 5.74) is 1.51. The third kappa shape index (κ3) is 4.44. The molecule has 0 radical (unpaired) electrons. The van der Waals surface area contributed by atoms with Crippen molar-refractivity contribution in [3.8, 4) is 17.2 Å². The van der Waals surface area contributed by atoms with Crippen LogP contribution in [-0.4, -0.2) is 34.2 Å². The van der Waals surface area contributed by atoms with E-state index in [4.69, 9.17) is 9.15 Å². The predicted octanol–water partition coefficient (Wildman–Crippen LogP) is 3.30. The molecular weight excluding hydrogens is 337 g/mol. The number of hydrogen-bond donors (Lipinski definition) is 0. The molecule has 0 N–H and O–H groups in total. The highest BCUT2D eigenvalue weighted by molar-refractivity contribution is 5.77. The van der Waals surface area contributed by atoms with Gasteiger partial charge in [0.25, 0.3) is 5.91 Å². The number of halogens is 1. The smallest absolute Gasteiger partial charge is 0.260 e. The molecule has 0 bridgehead atoms. The zero-order chi connectivity index (χ0) is 18.4. The maximum absolute atomic E-state index is 13.3. The molecule has 0 saturated heterocycles. The number of carbonyl (C=O) groups is 1. The standard InChI is InChI=1S/C19H18FN3O3/c1-2-23(11-14-4-3-5-16(20)10-14)18(24)12-25-17-8-6-15(7-9-17)19-22-21-13-26-19/h3-10,13H,2,11-12H2,1H3. The Morgan fingerprint density at radius 2 is 2.04 bits per heavy atom. The van der Waals surface area contributed by atoms with E-state index >= 15 is 0 Å². The van der Waals surface area contributed by atoms with Crippen molar-refractivity contribution in [2.45, 2.75) is 13.5 Å². The molecule has 6 nitrogen and oxygen atoms in total. The van der Waals surface area contributed by atoms with Crippen LogP contribution in [0.15, 0.2) is 59.3 Å². The van der Waals surface area contributed by atoms with E-state index in [0.29, 0.717) is 24.7 Å². The Labute approximate surface area is 150 Å². The zero-order valence-corrected chi connectivity index (χ0v) is 14.3. The number of carbonyl (C=O) groups excluding carboxylic acids is 1. The summed E-state index contributed by atoms with van der Waals surface area (Å²) < 4.78 is 24.0. The fraction of sp³-hybridized carbons (Fsp3) is 0.211. The highest BCUT2D eigenvalue weighted by atomic mass is 19.1. The van der Waals surface area contributed by atoms with Gasteiger partial charge in [-0.25, -0.2) is 4.39 Å². The summed E-state index contributed by atoms with van der Waals surface area (Å²) in [4.78, 5) is 14.0. The first-order valence-corrected chi connectivity index (χ1v) is 8.17. The summed E-state index contributed by atoms with van der Waals surface area (Å²) in [6, 6.07) is 13.2. The molecule has 0 fully saturated rings. The third-order valence-corrected chi connectivity index (χ3v) is 3.82. The summed E-state index contributed by atoms with van der Waals surface area (Å²) >= 11 is 0. The van der Waals surface area contributed by atoms with E-state index in [0.717, 1.165) is 11.1 Å². The van der Waals surface area contributed by atoms with Crippen molar-refractivity contribution < 1.29 is 18.3 Å². The van der Waals surface area contributed by atoms with Crippen LogP contribution in [0.25, 0.3) is 11.5 Å². The van der Waals surface area contributed by atoms with Crippen molar-refractivity contribution >= 4 is 5.91 Å². The van der Waals surface area contributed by atoms with Crippen LogP contribution in [0.2, 0.25) is 0 Å². The lowest BCUT2D eigenvalue weighted by Crippen LogP contribution is -2.34. The van der Waals surface area contributed by atoms with E-state index in [9.17, 15) is 9.18 Å². The molecule has 26 heavy (non-hydrogen) atoms. The number of amides is 1. The van der Waals surface area contributed by atoms with Gasteiger partial charge in [0.05, 0.1) is 0 Å². The van der Waals surface area contributed by atoms with Gasteiger partial charge < -0.3 is 14.1 Å². The third-order valence-electron chi connectivity index (χ3n) is 3.82. The van der Waals surface area contributed by atoms with Crippen LogP contribution < -0.4 is 4.74 Å². The van der Waals surface area contributed by atoms with E-state index in [-0.39, 0.29) is 18.3 Å². The molecule has 1 aromatic heterocycles. The van der Waals surface area contributed by atoms with Crippen molar-refractivity contribution in [1.82, 2.24) is 15.1 Å². The van der Waals surface area contributed by atoms with Gasteiger partial charge in [-0.05, 0) is 48.9 Å². The average Bonchev–Trinajstić information content (AvgIpc) is 3.19. The number of aromatic nitrogens is 2. The second kappa shape index (κ2) is 8.24. The van der Waals surface area contributed by atoms with Crippen LogP contribution in [0.3, 0.4) is 0 Å². The van der Waals surface area contributed by atoms with Gasteiger partial charge in [-0.3, -0.25) is 4.79 Å². The van der Waals surface area contributed by atoms with Crippen LogP contribution in [-0.2, 0) is 11.3 Å². The van der Waals surface area contributed by atoms with Crippen LogP contribution >= 0.6 is 0 Å². The summed E-state index contributed by atoms with van der Waals surface area (Å²) in [6.07, 6.45) is 1.26. The lowest BCUT2D eigenvalue weighted by molar-refractivity contribution is -0.133. The molecule has 134 valence electrons. The van der Waals surface area contributed by atoms with Crippen molar-refractivity contribution in [3.05, 3.63) is 66.3 Å². The molecule has 1 amide bonds. The normalized spacial score (nSPS) is 10.5. The minimum atomic E-state index is -0.316. The van der Waals surface area contributed by atoms with Crippen molar-refractivity contribution in [2.75, 3.05) is 13.2 Å². The van der Waals surface area contributed by atoms with E-state index in [2.05, 4.69) is 10.2 Å². The minimum absolute atomic E-state index is 0.0942. The Balaban J connectivity index is 1.56. The second-order valence-corrected chi connectivity index (χ2v) is 5.59. The highest BCUT2D eigenvalue weighted by Crippen LogP contribution is 2.20. The molecule has 2 aromatic carbocycles. The van der Waals surface area contributed by atoms with Gasteiger partial charge in [-0.1, -0.05) is 12.1 Å². The molecule has 0 aliphatic carbocycles. The zero-order valence-electron chi connectivity index (χ0n) is 14.3. The van der Waals surface area contributed by atoms with Gasteiger partial charge in [-0.2, -0.15) is 0 Å². The summed E-state index contributed by atoms with van der Waals surface area (Å²) in [6.45, 7) is 2.63. The maximum Gasteiger partial charge on any atom is 0.260 e. The first-order valence-electron chi connectivity index (χ1n) is 8.17. The average molecular weight is 355 g/mol. The van der Waals surface area contributed by atoms with Gasteiger partial charge in [0.2, 0.25) is 12.3 Å². The molecular formula is C19H18FN3O3. The molecule has 0 aliphatic heterocycles. The first-order chi connectivity index (χ1) is 12.7. The number of ether oxygens (including phenoxy) is 1. The molecule has 0 saturated carbocycles. The van der Waals surface area contributed by atoms with Gasteiger partial charge in [0.15, 0.2) is 6.61 Å². The molecule has 0 unspecified atom stereocenters. The predicted molar refractivity (Wildman–Crippen MR) is 92.7 cm³/mol. The number of benzene rings is 2. The van der Waals surface area contributed by atoms with Crippen LogP contribution in [0.4, 0.5) is 4.39 Å². The Bertz CT molecular complexity index is 851. The monoisotopic (exact) mass is 355 g/mol. The second-order valence-electron chi connectivity index (χ2n) is 5.59. The van der Waals surface area contributed by atoms with E-state index in [1.54, 1.807) is 41.3 Å². The molecule has 0 aliphatic rings. The first kappa shape index (κ1) is 17.6. The quantitative estimate of drug-likeness (QED) is 0.650. The van der Waals surface area contributed by atoms with Gasteiger partial charge in [0.1, 0.15) is 11.6 Å². The van der Waals surface area contributed by atoms with E-state index in [1.165, 1.54) is 18.5 Å².